The monoisotopic (exact) mass is 413 g/mol. The maximum Gasteiger partial charge on any atom is 0.249 e. The van der Waals surface area contributed by atoms with Gasteiger partial charge in [-0.05, 0) is 18.8 Å². The molecule has 1 fully saturated rings. The maximum absolute atomic E-state index is 13.2. The topological polar surface area (TPSA) is 20.3 Å². The normalized spacial score (nSPS) is 19.9. The van der Waals surface area contributed by atoms with Crippen molar-refractivity contribution in [2.75, 3.05) is 13.1 Å². The van der Waals surface area contributed by atoms with E-state index in [-0.39, 0.29) is 0 Å². The Labute approximate surface area is 160 Å². The molecule has 1 rings (SSSR count). The quantitative estimate of drug-likeness (QED) is 0.420. The summed E-state index contributed by atoms with van der Waals surface area (Å²) in [4.78, 5) is 15.4. The SMILES string of the molecule is CC(C)CN1CCC/C(=C/[Si]([Si](C)(C)C)([Si](C)(C)C)[Si](C)(C)C)C1=O. The average Bonchev–Trinajstić information content (AvgIpc) is 2.34. The number of rotatable bonds is 6. The van der Waals surface area contributed by atoms with E-state index >= 15 is 0 Å². The van der Waals surface area contributed by atoms with Crippen LogP contribution in [0.4, 0.5) is 0 Å². The molecule has 0 atom stereocenters. The second-order valence-electron chi connectivity index (χ2n) is 11.5. The molecule has 146 valence electrons. The number of piperidine rings is 1. The first-order valence-corrected chi connectivity index (χ1v) is 25.6. The second kappa shape index (κ2) is 7.60. The third kappa shape index (κ3) is 4.68. The van der Waals surface area contributed by atoms with Gasteiger partial charge in [0, 0.05) is 41.4 Å². The molecule has 0 spiro atoms. The molecule has 1 saturated heterocycles. The van der Waals surface area contributed by atoms with E-state index in [0.717, 1.165) is 25.9 Å². The lowest BCUT2D eigenvalue weighted by Crippen LogP contribution is -2.82. The van der Waals surface area contributed by atoms with Gasteiger partial charge in [0.25, 0.3) is 0 Å². The van der Waals surface area contributed by atoms with Crippen molar-refractivity contribution >= 4 is 35.3 Å². The van der Waals surface area contributed by atoms with Crippen molar-refractivity contribution in [3.8, 4) is 0 Å². The first-order chi connectivity index (χ1) is 11.0. The van der Waals surface area contributed by atoms with Crippen molar-refractivity contribution < 1.29 is 4.79 Å². The highest BCUT2D eigenvalue weighted by atomic mass is 29.9. The number of carbonyl (C=O) groups excluding carboxylic acids is 1. The summed E-state index contributed by atoms with van der Waals surface area (Å²) in [6.07, 6.45) is 2.17. The predicted octanol–water partition coefficient (Wildman–Crippen LogP) is 5.43. The maximum atomic E-state index is 13.2. The molecule has 0 aliphatic carbocycles. The number of likely N-dealkylation sites (tertiary alicyclic amines) is 1. The molecule has 2 nitrogen and oxygen atoms in total. The molecule has 0 saturated carbocycles. The molecule has 1 heterocycles. The minimum absolute atomic E-state index is 0.367. The average molecular weight is 414 g/mol. The first-order valence-electron chi connectivity index (χ1n) is 10.1. The highest BCUT2D eigenvalue weighted by Crippen LogP contribution is 2.39. The van der Waals surface area contributed by atoms with Gasteiger partial charge >= 0.3 is 0 Å². The highest BCUT2D eigenvalue weighted by Gasteiger charge is 2.60. The standard InChI is InChI=1S/C19H43NOSi4/c1-17(2)15-20-14-12-13-18(19(20)21)16-25(22(3,4)5,23(6,7)8)24(9,10)11/h16-17H,12-15H2,1-11H3/b18-16-. The summed E-state index contributed by atoms with van der Waals surface area (Å²) in [6, 6.07) is 0. The van der Waals surface area contributed by atoms with Crippen LogP contribution in [0.15, 0.2) is 11.3 Å². The van der Waals surface area contributed by atoms with Gasteiger partial charge in [0.1, 0.15) is 0 Å². The van der Waals surface area contributed by atoms with Crippen LogP contribution in [0.2, 0.25) is 58.9 Å². The highest BCUT2D eigenvalue weighted by molar-refractivity contribution is 7.90. The van der Waals surface area contributed by atoms with Crippen molar-refractivity contribution in [2.24, 2.45) is 5.92 Å². The number of nitrogens with zero attached hydrogens (tertiary/aromatic N) is 1. The fourth-order valence-electron chi connectivity index (χ4n) is 5.91. The van der Waals surface area contributed by atoms with Crippen LogP contribution in [0.5, 0.6) is 0 Å². The van der Waals surface area contributed by atoms with Gasteiger partial charge in [0.2, 0.25) is 5.91 Å². The summed E-state index contributed by atoms with van der Waals surface area (Å²) in [7, 11) is -4.08. The fraction of sp³-hybridized carbons (Fsp3) is 0.842. The third-order valence-electron chi connectivity index (χ3n) is 5.96. The Bertz CT molecular complexity index is 485. The molecule has 0 aromatic rings. The largest absolute Gasteiger partial charge is 0.339 e. The Balaban J connectivity index is 3.52. The van der Waals surface area contributed by atoms with Crippen LogP contribution in [0.1, 0.15) is 26.7 Å². The van der Waals surface area contributed by atoms with Crippen molar-refractivity contribution in [2.45, 2.75) is 85.6 Å². The van der Waals surface area contributed by atoms with E-state index in [1.165, 1.54) is 5.57 Å². The molecule has 0 aromatic heterocycles. The Morgan fingerprint density at radius 2 is 1.36 bits per heavy atom. The van der Waals surface area contributed by atoms with Gasteiger partial charge in [-0.1, -0.05) is 78.5 Å². The number of hydrogen-bond acceptors (Lipinski definition) is 1. The van der Waals surface area contributed by atoms with Crippen LogP contribution in [-0.2, 0) is 4.79 Å². The Kier molecular flexibility index (Phi) is 7.03. The molecule has 1 amide bonds. The van der Waals surface area contributed by atoms with Crippen LogP contribution in [0.25, 0.3) is 0 Å². The van der Waals surface area contributed by atoms with E-state index in [9.17, 15) is 4.79 Å². The molecule has 1 aliphatic rings. The zero-order valence-corrected chi connectivity index (χ0v) is 22.8. The molecule has 0 aromatic carbocycles. The van der Waals surface area contributed by atoms with Gasteiger partial charge in [0.15, 0.2) is 0 Å². The minimum Gasteiger partial charge on any atom is -0.339 e. The van der Waals surface area contributed by atoms with E-state index in [1.54, 1.807) is 0 Å². The molecule has 1 aliphatic heterocycles. The molecule has 6 heteroatoms. The Morgan fingerprint density at radius 3 is 1.72 bits per heavy atom. The van der Waals surface area contributed by atoms with Crippen LogP contribution >= 0.6 is 0 Å². The minimum atomic E-state index is -1.59. The summed E-state index contributed by atoms with van der Waals surface area (Å²) in [6.45, 7) is 28.1. The first kappa shape index (κ1) is 23.1. The molecule has 0 radical (unpaired) electrons. The molecule has 0 unspecified atom stereocenters. The van der Waals surface area contributed by atoms with Crippen molar-refractivity contribution in [3.05, 3.63) is 11.3 Å². The van der Waals surface area contributed by atoms with Crippen molar-refractivity contribution in [1.29, 1.82) is 0 Å². The van der Waals surface area contributed by atoms with Gasteiger partial charge in [-0.2, -0.15) is 0 Å². The van der Waals surface area contributed by atoms with Gasteiger partial charge in [0.05, 0.1) is 6.63 Å². The molecule has 25 heavy (non-hydrogen) atoms. The van der Waals surface area contributed by atoms with E-state index in [1.807, 2.05) is 0 Å². The van der Waals surface area contributed by atoms with E-state index in [4.69, 9.17) is 0 Å². The molecular weight excluding hydrogens is 371 g/mol. The molecule has 0 bridgehead atoms. The van der Waals surface area contributed by atoms with Gasteiger partial charge < -0.3 is 4.90 Å². The smallest absolute Gasteiger partial charge is 0.249 e. The zero-order chi connectivity index (χ0) is 19.8. The third-order valence-corrected chi connectivity index (χ3v) is 76.9. The van der Waals surface area contributed by atoms with E-state index in [2.05, 4.69) is 83.4 Å². The Morgan fingerprint density at radius 1 is 0.920 bits per heavy atom. The predicted molar refractivity (Wildman–Crippen MR) is 125 cm³/mol. The summed E-state index contributed by atoms with van der Waals surface area (Å²) in [5.41, 5.74) is 3.91. The summed E-state index contributed by atoms with van der Waals surface area (Å²) in [5.74, 6) is 0.919. The van der Waals surface area contributed by atoms with E-state index < -0.39 is 29.4 Å². The lowest BCUT2D eigenvalue weighted by molar-refractivity contribution is -0.129. The van der Waals surface area contributed by atoms with Crippen LogP contribution in [0, 0.1) is 5.92 Å². The van der Waals surface area contributed by atoms with Crippen LogP contribution < -0.4 is 0 Å². The number of hydrogen-bond donors (Lipinski definition) is 0. The summed E-state index contributed by atoms with van der Waals surface area (Å²) < 4.78 is 0. The van der Waals surface area contributed by atoms with Crippen molar-refractivity contribution in [3.63, 3.8) is 0 Å². The zero-order valence-electron chi connectivity index (χ0n) is 18.8. The van der Waals surface area contributed by atoms with Crippen molar-refractivity contribution in [1.82, 2.24) is 4.90 Å². The fourth-order valence-corrected chi connectivity index (χ4v) is 101. The lowest BCUT2D eigenvalue weighted by atomic mass is 10.0. The summed E-state index contributed by atoms with van der Waals surface area (Å²) >= 11 is 0. The second-order valence-corrected chi connectivity index (χ2v) is 52.0. The Hall–Kier alpha value is 0.0775. The van der Waals surface area contributed by atoms with Crippen LogP contribution in [-0.4, -0.2) is 53.3 Å². The van der Waals surface area contributed by atoms with Crippen LogP contribution in [0.3, 0.4) is 0 Å². The van der Waals surface area contributed by atoms with Gasteiger partial charge in [-0.3, -0.25) is 4.79 Å². The van der Waals surface area contributed by atoms with E-state index in [0.29, 0.717) is 11.8 Å². The molecule has 0 N–H and O–H groups in total. The number of amides is 1. The number of carbonyl (C=O) groups is 1. The van der Waals surface area contributed by atoms with Gasteiger partial charge in [-0.25, -0.2) is 0 Å². The van der Waals surface area contributed by atoms with Gasteiger partial charge in [-0.15, -0.1) is 0 Å². The lowest BCUT2D eigenvalue weighted by Gasteiger charge is -2.56. The summed E-state index contributed by atoms with van der Waals surface area (Å²) in [5, 5.41) is 0. The molecular formula is C19H43NOSi4.